The number of rotatable bonds is 6. The molecule has 0 aliphatic rings. The van der Waals surface area contributed by atoms with E-state index in [1.807, 2.05) is 6.07 Å². The largest absolute Gasteiger partial charge is 0.493 e. The Morgan fingerprint density at radius 3 is 2.88 bits per heavy atom. The van der Waals surface area contributed by atoms with E-state index in [0.29, 0.717) is 17.1 Å². The number of carbonyl (C=O) groups is 1. The summed E-state index contributed by atoms with van der Waals surface area (Å²) in [7, 11) is 1.47. The Labute approximate surface area is 149 Å². The lowest BCUT2D eigenvalue weighted by Crippen LogP contribution is -2.09. The molecule has 0 atom stereocenters. The molecule has 0 aromatic heterocycles. The SMILES string of the molecule is COc1cc(/C=C/C(=O)Nc2cccc(Cl)c2F)ccc1OCC#N. The molecule has 0 fully saturated rings. The van der Waals surface area contributed by atoms with Crippen molar-refractivity contribution in [1.29, 1.82) is 5.26 Å². The average Bonchev–Trinajstić information content (AvgIpc) is 2.62. The van der Waals surface area contributed by atoms with Gasteiger partial charge in [-0.25, -0.2) is 4.39 Å². The van der Waals surface area contributed by atoms with Crippen LogP contribution in [0.5, 0.6) is 11.5 Å². The molecule has 0 unspecified atom stereocenters. The van der Waals surface area contributed by atoms with Gasteiger partial charge in [-0.05, 0) is 35.9 Å². The first-order chi connectivity index (χ1) is 12.0. The highest BCUT2D eigenvalue weighted by molar-refractivity contribution is 6.31. The van der Waals surface area contributed by atoms with Gasteiger partial charge >= 0.3 is 0 Å². The molecule has 25 heavy (non-hydrogen) atoms. The third-order valence-corrected chi connectivity index (χ3v) is 3.41. The maximum absolute atomic E-state index is 13.7. The third-order valence-electron chi connectivity index (χ3n) is 3.12. The highest BCUT2D eigenvalue weighted by Crippen LogP contribution is 2.28. The first-order valence-corrected chi connectivity index (χ1v) is 7.54. The zero-order valence-corrected chi connectivity index (χ0v) is 14.0. The molecular formula is C18H14ClFN2O3. The summed E-state index contributed by atoms with van der Waals surface area (Å²) in [6.45, 7) is -0.0981. The first-order valence-electron chi connectivity index (χ1n) is 7.16. The van der Waals surface area contributed by atoms with E-state index in [4.69, 9.17) is 26.3 Å². The molecule has 7 heteroatoms. The second-order valence-electron chi connectivity index (χ2n) is 4.78. The molecule has 2 rings (SSSR count). The van der Waals surface area contributed by atoms with E-state index in [2.05, 4.69) is 5.32 Å². The number of methoxy groups -OCH3 is 1. The van der Waals surface area contributed by atoms with E-state index in [1.165, 1.54) is 37.5 Å². The molecule has 2 aromatic carbocycles. The summed E-state index contributed by atoms with van der Waals surface area (Å²) in [5.74, 6) is -0.345. The third kappa shape index (κ3) is 4.96. The second-order valence-corrected chi connectivity index (χ2v) is 5.19. The standard InChI is InChI=1S/C18H14ClFN2O3/c1-24-16-11-12(5-7-15(16)25-10-9-21)6-8-17(23)22-14-4-2-3-13(19)18(14)20/h2-8,11H,10H2,1H3,(H,22,23)/b8-6+. The number of ether oxygens (including phenoxy) is 2. The molecule has 0 saturated carbocycles. The lowest BCUT2D eigenvalue weighted by molar-refractivity contribution is -0.111. The fraction of sp³-hybridized carbons (Fsp3) is 0.111. The molecule has 0 spiro atoms. The molecule has 1 N–H and O–H groups in total. The van der Waals surface area contributed by atoms with Crippen LogP contribution in [0.3, 0.4) is 0 Å². The maximum Gasteiger partial charge on any atom is 0.248 e. The van der Waals surface area contributed by atoms with Gasteiger partial charge in [0.2, 0.25) is 5.91 Å². The summed E-state index contributed by atoms with van der Waals surface area (Å²) in [6, 6.07) is 11.2. The minimum absolute atomic E-state index is 0.0000167. The van der Waals surface area contributed by atoms with Crippen molar-refractivity contribution in [2.75, 3.05) is 19.0 Å². The molecule has 0 bridgehead atoms. The van der Waals surface area contributed by atoms with Crippen LogP contribution in [0.15, 0.2) is 42.5 Å². The summed E-state index contributed by atoms with van der Waals surface area (Å²) < 4.78 is 24.1. The normalized spacial score (nSPS) is 10.3. The predicted molar refractivity (Wildman–Crippen MR) is 93.2 cm³/mol. The van der Waals surface area contributed by atoms with Crippen LogP contribution in [0.4, 0.5) is 10.1 Å². The van der Waals surface area contributed by atoms with Gasteiger partial charge in [0.25, 0.3) is 0 Å². The number of benzene rings is 2. The van der Waals surface area contributed by atoms with Crippen LogP contribution in [-0.4, -0.2) is 19.6 Å². The molecular weight excluding hydrogens is 347 g/mol. The van der Waals surface area contributed by atoms with Crippen molar-refractivity contribution in [1.82, 2.24) is 0 Å². The van der Waals surface area contributed by atoms with Crippen molar-refractivity contribution in [2.24, 2.45) is 0 Å². The number of nitriles is 1. The first kappa shape index (κ1) is 18.3. The van der Waals surface area contributed by atoms with E-state index < -0.39 is 11.7 Å². The van der Waals surface area contributed by atoms with Crippen LogP contribution >= 0.6 is 11.6 Å². The fourth-order valence-corrected chi connectivity index (χ4v) is 2.14. The molecule has 128 valence electrons. The predicted octanol–water partition coefficient (Wildman–Crippen LogP) is 4.04. The zero-order chi connectivity index (χ0) is 18.2. The number of carbonyl (C=O) groups excluding carboxylic acids is 1. The van der Waals surface area contributed by atoms with Gasteiger partial charge in [-0.3, -0.25) is 4.79 Å². The van der Waals surface area contributed by atoms with E-state index in [1.54, 1.807) is 18.2 Å². The lowest BCUT2D eigenvalue weighted by Gasteiger charge is -2.09. The number of amides is 1. The molecule has 0 aliphatic carbocycles. The Hall–Kier alpha value is -3.04. The van der Waals surface area contributed by atoms with Gasteiger partial charge in [-0.15, -0.1) is 0 Å². The Bertz CT molecular complexity index is 847. The molecule has 2 aromatic rings. The minimum atomic E-state index is -0.688. The Kier molecular flexibility index (Phi) is 6.38. The smallest absolute Gasteiger partial charge is 0.248 e. The van der Waals surface area contributed by atoms with E-state index in [0.717, 1.165) is 0 Å². The molecule has 0 radical (unpaired) electrons. The van der Waals surface area contributed by atoms with Crippen molar-refractivity contribution in [3.63, 3.8) is 0 Å². The summed E-state index contributed by atoms with van der Waals surface area (Å²) in [5, 5.41) is 10.9. The van der Waals surface area contributed by atoms with Gasteiger partial charge in [0, 0.05) is 6.08 Å². The monoisotopic (exact) mass is 360 g/mol. The van der Waals surface area contributed by atoms with Crippen molar-refractivity contribution in [3.05, 3.63) is 58.9 Å². The number of nitrogens with zero attached hydrogens (tertiary/aromatic N) is 1. The van der Waals surface area contributed by atoms with Gasteiger partial charge in [0.15, 0.2) is 23.9 Å². The van der Waals surface area contributed by atoms with E-state index >= 15 is 0 Å². The number of anilines is 1. The molecule has 5 nitrogen and oxygen atoms in total. The van der Waals surface area contributed by atoms with Crippen LogP contribution in [0, 0.1) is 17.1 Å². The van der Waals surface area contributed by atoms with Crippen molar-refractivity contribution in [3.8, 4) is 17.6 Å². The topological polar surface area (TPSA) is 71.3 Å². The number of nitrogens with one attached hydrogen (secondary N) is 1. The van der Waals surface area contributed by atoms with Crippen LogP contribution in [0.25, 0.3) is 6.08 Å². The number of hydrogen-bond donors (Lipinski definition) is 1. The van der Waals surface area contributed by atoms with Crippen molar-refractivity contribution < 1.29 is 18.7 Å². The summed E-state index contributed by atoms with van der Waals surface area (Å²) in [5.41, 5.74) is 0.669. The molecule has 0 saturated heterocycles. The Morgan fingerprint density at radius 2 is 2.16 bits per heavy atom. The number of hydrogen-bond acceptors (Lipinski definition) is 4. The van der Waals surface area contributed by atoms with Crippen LogP contribution in [0.2, 0.25) is 5.02 Å². The van der Waals surface area contributed by atoms with Gasteiger partial charge in [-0.1, -0.05) is 23.7 Å². The number of halogens is 2. The van der Waals surface area contributed by atoms with Gasteiger partial charge in [0.05, 0.1) is 17.8 Å². The Balaban J connectivity index is 2.09. The summed E-state index contributed by atoms with van der Waals surface area (Å²) in [4.78, 5) is 11.9. The second kappa shape index (κ2) is 8.71. The molecule has 0 heterocycles. The van der Waals surface area contributed by atoms with Crippen molar-refractivity contribution in [2.45, 2.75) is 0 Å². The maximum atomic E-state index is 13.7. The van der Waals surface area contributed by atoms with Gasteiger partial charge < -0.3 is 14.8 Å². The average molecular weight is 361 g/mol. The van der Waals surface area contributed by atoms with Crippen molar-refractivity contribution >= 4 is 29.3 Å². The van der Waals surface area contributed by atoms with Crippen LogP contribution in [0.1, 0.15) is 5.56 Å². The van der Waals surface area contributed by atoms with E-state index in [9.17, 15) is 9.18 Å². The lowest BCUT2D eigenvalue weighted by atomic mass is 10.2. The molecule has 1 amide bonds. The highest BCUT2D eigenvalue weighted by Gasteiger charge is 2.08. The van der Waals surface area contributed by atoms with E-state index in [-0.39, 0.29) is 17.3 Å². The fourth-order valence-electron chi connectivity index (χ4n) is 1.96. The quantitative estimate of drug-likeness (QED) is 0.789. The highest BCUT2D eigenvalue weighted by atomic mass is 35.5. The molecule has 0 aliphatic heterocycles. The van der Waals surface area contributed by atoms with Gasteiger partial charge in [-0.2, -0.15) is 5.26 Å². The summed E-state index contributed by atoms with van der Waals surface area (Å²) >= 11 is 5.66. The minimum Gasteiger partial charge on any atom is -0.493 e. The summed E-state index contributed by atoms with van der Waals surface area (Å²) in [6.07, 6.45) is 2.79. The zero-order valence-electron chi connectivity index (χ0n) is 13.3. The van der Waals surface area contributed by atoms with Crippen LogP contribution < -0.4 is 14.8 Å². The van der Waals surface area contributed by atoms with Crippen LogP contribution in [-0.2, 0) is 4.79 Å². The Morgan fingerprint density at radius 1 is 1.36 bits per heavy atom. The van der Waals surface area contributed by atoms with Gasteiger partial charge in [0.1, 0.15) is 6.07 Å².